The Morgan fingerprint density at radius 3 is 2.59 bits per heavy atom. The first-order chi connectivity index (χ1) is 12.8. The lowest BCUT2D eigenvalue weighted by Crippen LogP contribution is -2.56. The van der Waals surface area contributed by atoms with E-state index in [0.717, 1.165) is 32.1 Å². The number of hydrogen-bond acceptors (Lipinski definition) is 4. The van der Waals surface area contributed by atoms with Crippen LogP contribution in [0.1, 0.15) is 65.7 Å². The molecule has 0 radical (unpaired) electrons. The zero-order valence-electron chi connectivity index (χ0n) is 17.0. The highest BCUT2D eigenvalue weighted by Gasteiger charge is 2.65. The van der Waals surface area contributed by atoms with Gasteiger partial charge in [0.1, 0.15) is 5.78 Å². The molecule has 0 amide bonds. The van der Waals surface area contributed by atoms with Crippen LogP contribution in [0.5, 0.6) is 0 Å². The third-order valence-electron chi connectivity index (χ3n) is 9.26. The first-order valence-electron chi connectivity index (χ1n) is 11.0. The van der Waals surface area contributed by atoms with Gasteiger partial charge < -0.3 is 14.6 Å². The van der Waals surface area contributed by atoms with Gasteiger partial charge in [-0.2, -0.15) is 0 Å². The Morgan fingerprint density at radius 1 is 1.11 bits per heavy atom. The predicted octanol–water partition coefficient (Wildman–Crippen LogP) is 3.87. The molecule has 0 aromatic carbocycles. The maximum absolute atomic E-state index is 13.6. The van der Waals surface area contributed by atoms with Crippen LogP contribution in [0.3, 0.4) is 0 Å². The fraction of sp³-hybridized carbons (Fsp3) is 0.870. The molecule has 4 nitrogen and oxygen atoms in total. The summed E-state index contributed by atoms with van der Waals surface area (Å²) in [5, 5.41) is 10.1. The van der Waals surface area contributed by atoms with Crippen LogP contribution >= 0.6 is 0 Å². The molecular weight excluding hydrogens is 340 g/mol. The summed E-state index contributed by atoms with van der Waals surface area (Å²) in [4.78, 5) is 13.6. The lowest BCUT2D eigenvalue weighted by atomic mass is 9.46. The number of hydrogen-bond donors (Lipinski definition) is 1. The Bertz CT molecular complexity index is 678. The van der Waals surface area contributed by atoms with E-state index in [-0.39, 0.29) is 22.9 Å². The Kier molecular flexibility index (Phi) is 4.00. The van der Waals surface area contributed by atoms with Crippen molar-refractivity contribution in [2.75, 3.05) is 13.2 Å². The fourth-order valence-corrected chi connectivity index (χ4v) is 8.06. The summed E-state index contributed by atoms with van der Waals surface area (Å²) in [5.74, 6) is 1.38. The average molecular weight is 375 g/mol. The number of carbonyl (C=O) groups is 1. The van der Waals surface area contributed by atoms with Gasteiger partial charge in [0.15, 0.2) is 5.79 Å². The lowest BCUT2D eigenvalue weighted by Gasteiger charge is -2.57. The molecule has 150 valence electrons. The van der Waals surface area contributed by atoms with Gasteiger partial charge in [0.25, 0.3) is 0 Å². The Labute approximate surface area is 162 Å². The van der Waals surface area contributed by atoms with Crippen molar-refractivity contribution < 1.29 is 19.4 Å². The number of ketones is 1. The number of aliphatic hydroxyl groups is 1. The van der Waals surface area contributed by atoms with Crippen molar-refractivity contribution in [1.82, 2.24) is 0 Å². The molecule has 1 N–H and O–H groups in total. The number of allylic oxidation sites excluding steroid dienone is 1. The van der Waals surface area contributed by atoms with Crippen LogP contribution in [0.25, 0.3) is 0 Å². The first-order valence-corrected chi connectivity index (χ1v) is 11.0. The van der Waals surface area contributed by atoms with E-state index in [4.69, 9.17) is 9.47 Å². The average Bonchev–Trinajstić information content (AvgIpc) is 3.19. The van der Waals surface area contributed by atoms with Crippen molar-refractivity contribution in [3.05, 3.63) is 11.6 Å². The van der Waals surface area contributed by atoms with Crippen molar-refractivity contribution in [2.24, 2.45) is 34.5 Å². The Hall–Kier alpha value is -0.710. The van der Waals surface area contributed by atoms with Crippen LogP contribution in [0.2, 0.25) is 0 Å². The quantitative estimate of drug-likeness (QED) is 0.708. The second-order valence-electron chi connectivity index (χ2n) is 10.5. The van der Waals surface area contributed by atoms with Crippen molar-refractivity contribution in [3.8, 4) is 0 Å². The van der Waals surface area contributed by atoms with Gasteiger partial charge in [0.2, 0.25) is 0 Å². The molecule has 0 aromatic rings. The molecule has 0 spiro atoms. The van der Waals surface area contributed by atoms with Gasteiger partial charge in [-0.3, -0.25) is 4.79 Å². The highest BCUT2D eigenvalue weighted by molar-refractivity contribution is 5.85. The standard InChI is InChI=1S/C23H34O4/c1-21-9-8-15(24)12-14(21)4-5-16-17-6-7-19(23(3)26-10-11-27-23)22(17,2)13-18(25)20(16)21/h4,15-17,19-20,24H,5-13H2,1-3H3. The van der Waals surface area contributed by atoms with Crippen molar-refractivity contribution >= 4 is 5.78 Å². The maximum atomic E-state index is 13.6. The molecule has 1 saturated heterocycles. The normalized spacial score (nSPS) is 51.3. The molecule has 1 aliphatic heterocycles. The minimum Gasteiger partial charge on any atom is -0.393 e. The molecule has 5 aliphatic rings. The van der Waals surface area contributed by atoms with Gasteiger partial charge in [-0.15, -0.1) is 0 Å². The fourth-order valence-electron chi connectivity index (χ4n) is 8.06. The molecule has 27 heavy (non-hydrogen) atoms. The van der Waals surface area contributed by atoms with Gasteiger partial charge in [0.05, 0.1) is 19.3 Å². The van der Waals surface area contributed by atoms with E-state index in [1.165, 1.54) is 12.0 Å². The Balaban J connectivity index is 1.50. The summed E-state index contributed by atoms with van der Waals surface area (Å²) in [6, 6.07) is 0. The molecule has 1 heterocycles. The summed E-state index contributed by atoms with van der Waals surface area (Å²) in [6.45, 7) is 8.07. The monoisotopic (exact) mass is 374 g/mol. The number of rotatable bonds is 1. The second kappa shape index (κ2) is 5.90. The second-order valence-corrected chi connectivity index (χ2v) is 10.5. The van der Waals surface area contributed by atoms with Gasteiger partial charge in [0, 0.05) is 18.3 Å². The SMILES string of the molecule is CC1(C2CCC3C4CC=C5CC(O)CCC5(C)C4C(=O)CC32C)OCCO1. The third-order valence-corrected chi connectivity index (χ3v) is 9.26. The summed E-state index contributed by atoms with van der Waals surface area (Å²) in [7, 11) is 0. The van der Waals surface area contributed by atoms with E-state index in [1.807, 2.05) is 0 Å². The van der Waals surface area contributed by atoms with Crippen molar-refractivity contribution in [2.45, 2.75) is 77.6 Å². The van der Waals surface area contributed by atoms with Gasteiger partial charge in [-0.1, -0.05) is 25.5 Å². The van der Waals surface area contributed by atoms with Crippen molar-refractivity contribution in [3.63, 3.8) is 0 Å². The van der Waals surface area contributed by atoms with Crippen LogP contribution in [-0.4, -0.2) is 36.0 Å². The number of Topliss-reactive ketones (excluding diaryl/α,β-unsaturated/α-hetero) is 1. The molecule has 4 fully saturated rings. The van der Waals surface area contributed by atoms with E-state index in [9.17, 15) is 9.90 Å². The molecular formula is C23H34O4. The number of aliphatic hydroxyl groups excluding tert-OH is 1. The van der Waals surface area contributed by atoms with Crippen LogP contribution < -0.4 is 0 Å². The molecule has 0 bridgehead atoms. The summed E-state index contributed by atoms with van der Waals surface area (Å²) in [6.07, 6.45) is 8.64. The first kappa shape index (κ1) is 18.3. The summed E-state index contributed by atoms with van der Waals surface area (Å²) < 4.78 is 12.1. The van der Waals surface area contributed by atoms with E-state index in [0.29, 0.717) is 43.2 Å². The lowest BCUT2D eigenvalue weighted by molar-refractivity contribution is -0.213. The molecule has 7 atom stereocenters. The largest absolute Gasteiger partial charge is 0.393 e. The molecule has 4 heteroatoms. The van der Waals surface area contributed by atoms with E-state index in [2.05, 4.69) is 26.8 Å². The van der Waals surface area contributed by atoms with Gasteiger partial charge in [-0.05, 0) is 68.1 Å². The molecule has 7 unspecified atom stereocenters. The predicted molar refractivity (Wildman–Crippen MR) is 102 cm³/mol. The maximum Gasteiger partial charge on any atom is 0.169 e. The topological polar surface area (TPSA) is 55.8 Å². The van der Waals surface area contributed by atoms with E-state index < -0.39 is 5.79 Å². The van der Waals surface area contributed by atoms with Gasteiger partial charge >= 0.3 is 0 Å². The zero-order chi connectivity index (χ0) is 19.0. The van der Waals surface area contributed by atoms with Crippen LogP contribution in [0, 0.1) is 34.5 Å². The Morgan fingerprint density at radius 2 is 1.85 bits per heavy atom. The minimum absolute atomic E-state index is 0.0206. The van der Waals surface area contributed by atoms with Gasteiger partial charge in [-0.25, -0.2) is 0 Å². The number of carbonyl (C=O) groups excluding carboxylic acids is 1. The molecule has 5 rings (SSSR count). The van der Waals surface area contributed by atoms with Crippen LogP contribution in [-0.2, 0) is 14.3 Å². The van der Waals surface area contributed by atoms with Crippen LogP contribution in [0.15, 0.2) is 11.6 Å². The molecule has 4 aliphatic carbocycles. The number of fused-ring (bicyclic) bond motifs is 5. The highest BCUT2D eigenvalue weighted by atomic mass is 16.7. The van der Waals surface area contributed by atoms with E-state index >= 15 is 0 Å². The third kappa shape index (κ3) is 2.42. The molecule has 3 saturated carbocycles. The van der Waals surface area contributed by atoms with Crippen LogP contribution in [0.4, 0.5) is 0 Å². The zero-order valence-corrected chi connectivity index (χ0v) is 17.0. The summed E-state index contributed by atoms with van der Waals surface area (Å²) >= 11 is 0. The summed E-state index contributed by atoms with van der Waals surface area (Å²) in [5.41, 5.74) is 1.29. The minimum atomic E-state index is -0.523. The smallest absolute Gasteiger partial charge is 0.169 e. The van der Waals surface area contributed by atoms with E-state index in [1.54, 1.807) is 0 Å². The van der Waals surface area contributed by atoms with Crippen molar-refractivity contribution in [1.29, 1.82) is 0 Å². The molecule has 0 aromatic heterocycles. The highest BCUT2D eigenvalue weighted by Crippen LogP contribution is 2.67. The number of ether oxygens (including phenoxy) is 2.